The molecule has 0 aliphatic carbocycles. The van der Waals surface area contributed by atoms with Gasteiger partial charge in [0.05, 0.1) is 18.8 Å². The average molecular weight is 520 g/mol. The van der Waals surface area contributed by atoms with E-state index in [0.717, 1.165) is 11.1 Å². The SMILES string of the molecule is Cc1cc(C#N)ncc1-c1cc(C(=O)CNc2ccccc2OCCCC(=O)OC(C)(C)C)ccc1Cl. The first-order valence-electron chi connectivity index (χ1n) is 11.9. The van der Waals surface area contributed by atoms with Crippen molar-refractivity contribution in [2.75, 3.05) is 18.5 Å². The Bertz CT molecular complexity index is 1330. The van der Waals surface area contributed by atoms with Gasteiger partial charge in [0, 0.05) is 34.3 Å². The smallest absolute Gasteiger partial charge is 0.306 e. The van der Waals surface area contributed by atoms with Gasteiger partial charge in [-0.15, -0.1) is 0 Å². The first kappa shape index (κ1) is 27.7. The fourth-order valence-corrected chi connectivity index (χ4v) is 3.83. The molecule has 0 unspecified atom stereocenters. The molecule has 1 N–H and O–H groups in total. The van der Waals surface area contributed by atoms with Crippen LogP contribution in [0.4, 0.5) is 5.69 Å². The standard InChI is InChI=1S/C29H30ClN3O4/c1-19-14-21(16-31)32-17-23(19)22-15-20(11-12-24(22)30)26(34)18-33-25-8-5-6-9-27(25)36-13-7-10-28(35)37-29(2,3)4/h5-6,8-9,11-12,14-15,17,33H,7,10,13,18H2,1-4H3. The van der Waals surface area contributed by atoms with Crippen LogP contribution in [0, 0.1) is 18.3 Å². The maximum atomic E-state index is 13.0. The number of aromatic nitrogens is 1. The summed E-state index contributed by atoms with van der Waals surface area (Å²) in [6.45, 7) is 7.76. The van der Waals surface area contributed by atoms with Crippen molar-refractivity contribution < 1.29 is 19.1 Å². The van der Waals surface area contributed by atoms with Gasteiger partial charge in [-0.3, -0.25) is 9.59 Å². The van der Waals surface area contributed by atoms with Gasteiger partial charge in [0.25, 0.3) is 0 Å². The van der Waals surface area contributed by atoms with Crippen molar-refractivity contribution in [3.8, 4) is 22.9 Å². The summed E-state index contributed by atoms with van der Waals surface area (Å²) in [6, 6.07) is 16.1. The third-order valence-corrected chi connectivity index (χ3v) is 5.66. The van der Waals surface area contributed by atoms with E-state index in [9.17, 15) is 9.59 Å². The number of pyridine rings is 1. The molecule has 0 radical (unpaired) electrons. The number of nitriles is 1. The number of carbonyl (C=O) groups excluding carboxylic acids is 2. The Balaban J connectivity index is 1.63. The maximum Gasteiger partial charge on any atom is 0.306 e. The number of nitrogens with zero attached hydrogens (tertiary/aromatic N) is 2. The molecule has 37 heavy (non-hydrogen) atoms. The molecule has 0 bridgehead atoms. The predicted molar refractivity (Wildman–Crippen MR) is 144 cm³/mol. The highest BCUT2D eigenvalue weighted by Crippen LogP contribution is 2.31. The first-order valence-corrected chi connectivity index (χ1v) is 12.3. The van der Waals surface area contributed by atoms with E-state index < -0.39 is 5.60 Å². The minimum absolute atomic E-state index is 0.0456. The normalized spacial score (nSPS) is 10.9. The Kier molecular flexibility index (Phi) is 9.26. The molecule has 0 fully saturated rings. The number of ether oxygens (including phenoxy) is 2. The molecule has 0 amide bonds. The summed E-state index contributed by atoms with van der Waals surface area (Å²) < 4.78 is 11.2. The molecule has 3 rings (SSSR count). The van der Waals surface area contributed by atoms with E-state index in [4.69, 9.17) is 26.3 Å². The number of carbonyl (C=O) groups is 2. The fraction of sp³-hybridized carbons (Fsp3) is 0.310. The number of benzene rings is 2. The Morgan fingerprint density at radius 2 is 1.86 bits per heavy atom. The van der Waals surface area contributed by atoms with Crippen LogP contribution < -0.4 is 10.1 Å². The number of Topliss-reactive ketones (excluding diaryl/α,β-unsaturated/α-hetero) is 1. The summed E-state index contributed by atoms with van der Waals surface area (Å²) in [6.07, 6.45) is 2.37. The van der Waals surface area contributed by atoms with E-state index in [1.54, 1.807) is 36.5 Å². The van der Waals surface area contributed by atoms with E-state index >= 15 is 0 Å². The quantitative estimate of drug-likeness (QED) is 0.188. The third-order valence-electron chi connectivity index (χ3n) is 5.33. The van der Waals surface area contributed by atoms with E-state index in [1.807, 2.05) is 52.0 Å². The first-order chi connectivity index (χ1) is 17.6. The minimum Gasteiger partial charge on any atom is -0.491 e. The van der Waals surface area contributed by atoms with Gasteiger partial charge in [0.2, 0.25) is 0 Å². The van der Waals surface area contributed by atoms with Crippen LogP contribution in [0.25, 0.3) is 11.1 Å². The number of halogens is 1. The van der Waals surface area contributed by atoms with E-state index in [2.05, 4.69) is 10.3 Å². The second kappa shape index (κ2) is 12.4. The molecular formula is C29H30ClN3O4. The summed E-state index contributed by atoms with van der Waals surface area (Å²) >= 11 is 6.42. The molecule has 0 spiro atoms. The van der Waals surface area contributed by atoms with Gasteiger partial charge in [0.15, 0.2) is 5.78 Å². The van der Waals surface area contributed by atoms with Crippen LogP contribution in [0.5, 0.6) is 5.75 Å². The Hall–Kier alpha value is -3.89. The van der Waals surface area contributed by atoms with Gasteiger partial charge >= 0.3 is 5.97 Å². The zero-order chi connectivity index (χ0) is 27.0. The molecule has 2 aromatic carbocycles. The monoisotopic (exact) mass is 519 g/mol. The van der Waals surface area contributed by atoms with Gasteiger partial charge in [-0.1, -0.05) is 23.7 Å². The number of para-hydroxylation sites is 2. The van der Waals surface area contributed by atoms with E-state index in [0.29, 0.717) is 46.3 Å². The van der Waals surface area contributed by atoms with E-state index in [1.165, 1.54) is 0 Å². The van der Waals surface area contributed by atoms with E-state index in [-0.39, 0.29) is 24.7 Å². The van der Waals surface area contributed by atoms with Gasteiger partial charge in [-0.25, -0.2) is 4.98 Å². The second-order valence-electron chi connectivity index (χ2n) is 9.50. The Morgan fingerprint density at radius 1 is 1.11 bits per heavy atom. The molecular weight excluding hydrogens is 490 g/mol. The number of ketones is 1. The number of rotatable bonds is 10. The maximum absolute atomic E-state index is 13.0. The number of hydrogen-bond donors (Lipinski definition) is 1. The van der Waals surface area contributed by atoms with Gasteiger partial charge < -0.3 is 14.8 Å². The van der Waals surface area contributed by atoms with Gasteiger partial charge in [-0.2, -0.15) is 5.26 Å². The van der Waals surface area contributed by atoms with Crippen molar-refractivity contribution in [1.29, 1.82) is 5.26 Å². The van der Waals surface area contributed by atoms with Crippen LogP contribution >= 0.6 is 11.6 Å². The lowest BCUT2D eigenvalue weighted by Gasteiger charge is -2.19. The molecule has 0 aliphatic heterocycles. The molecule has 0 atom stereocenters. The number of hydrogen-bond acceptors (Lipinski definition) is 7. The lowest BCUT2D eigenvalue weighted by Crippen LogP contribution is -2.24. The minimum atomic E-state index is -0.510. The number of nitrogens with one attached hydrogen (secondary N) is 1. The zero-order valence-corrected chi connectivity index (χ0v) is 22.2. The average Bonchev–Trinajstić information content (AvgIpc) is 2.85. The fourth-order valence-electron chi connectivity index (χ4n) is 3.61. The highest BCUT2D eigenvalue weighted by molar-refractivity contribution is 6.33. The van der Waals surface area contributed by atoms with Gasteiger partial charge in [-0.05, 0) is 76.1 Å². The summed E-state index contributed by atoms with van der Waals surface area (Å²) in [4.78, 5) is 29.0. The van der Waals surface area contributed by atoms with Crippen molar-refractivity contribution in [3.05, 3.63) is 76.6 Å². The van der Waals surface area contributed by atoms with Crippen molar-refractivity contribution in [2.24, 2.45) is 0 Å². The van der Waals surface area contributed by atoms with Gasteiger partial charge in [0.1, 0.15) is 23.1 Å². The summed E-state index contributed by atoms with van der Waals surface area (Å²) in [5.41, 5.74) is 3.26. The highest BCUT2D eigenvalue weighted by atomic mass is 35.5. The molecule has 7 nitrogen and oxygen atoms in total. The summed E-state index contributed by atoms with van der Waals surface area (Å²) in [5.74, 6) is 0.204. The van der Waals surface area contributed by atoms with Crippen LogP contribution in [0.1, 0.15) is 55.2 Å². The Labute approximate surface area is 222 Å². The molecule has 1 heterocycles. The lowest BCUT2D eigenvalue weighted by molar-refractivity contribution is -0.155. The van der Waals surface area contributed by atoms with Crippen molar-refractivity contribution in [3.63, 3.8) is 0 Å². The van der Waals surface area contributed by atoms with Crippen LogP contribution in [0.2, 0.25) is 5.02 Å². The second-order valence-corrected chi connectivity index (χ2v) is 9.91. The van der Waals surface area contributed by atoms with Crippen molar-refractivity contribution in [1.82, 2.24) is 4.98 Å². The summed E-state index contributed by atoms with van der Waals surface area (Å²) in [5, 5.41) is 12.7. The zero-order valence-electron chi connectivity index (χ0n) is 21.4. The van der Waals surface area contributed by atoms with Crippen LogP contribution in [0.3, 0.4) is 0 Å². The molecule has 0 saturated carbocycles. The third kappa shape index (κ3) is 8.06. The van der Waals surface area contributed by atoms with Crippen molar-refractivity contribution in [2.45, 2.75) is 46.1 Å². The predicted octanol–water partition coefficient (Wildman–Crippen LogP) is 6.38. The number of aryl methyl sites for hydroxylation is 1. The van der Waals surface area contributed by atoms with Crippen LogP contribution in [-0.2, 0) is 9.53 Å². The molecule has 1 aromatic heterocycles. The summed E-state index contributed by atoms with van der Waals surface area (Å²) in [7, 11) is 0. The Morgan fingerprint density at radius 3 is 2.57 bits per heavy atom. The van der Waals surface area contributed by atoms with Crippen molar-refractivity contribution >= 4 is 29.0 Å². The topological polar surface area (TPSA) is 101 Å². The van der Waals surface area contributed by atoms with Crippen LogP contribution in [0.15, 0.2) is 54.7 Å². The molecule has 0 aliphatic rings. The molecule has 0 saturated heterocycles. The molecule has 3 aromatic rings. The lowest BCUT2D eigenvalue weighted by atomic mass is 9.98. The number of esters is 1. The molecule has 8 heteroatoms. The largest absolute Gasteiger partial charge is 0.491 e. The van der Waals surface area contributed by atoms with Crippen LogP contribution in [-0.4, -0.2) is 35.5 Å². The molecule has 192 valence electrons. The number of anilines is 1. The highest BCUT2D eigenvalue weighted by Gasteiger charge is 2.16.